The van der Waals surface area contributed by atoms with Crippen molar-refractivity contribution in [3.8, 4) is 11.1 Å². The molecule has 1 N–H and O–H groups in total. The Bertz CT molecular complexity index is 1290. The lowest BCUT2D eigenvalue weighted by Crippen LogP contribution is -2.51. The van der Waals surface area contributed by atoms with Gasteiger partial charge in [0, 0.05) is 26.2 Å². The lowest BCUT2D eigenvalue weighted by atomic mass is 9.99. The Morgan fingerprint density at radius 1 is 0.814 bits per heavy atom. The van der Waals surface area contributed by atoms with Crippen LogP contribution in [-0.4, -0.2) is 78.9 Å². The third kappa shape index (κ3) is 11.1. The average molecular weight is 610 g/mol. The summed E-state index contributed by atoms with van der Waals surface area (Å²) in [5.41, 5.74) is -1.40. The average Bonchev–Trinajstić information content (AvgIpc) is 2.90. The second-order valence-electron chi connectivity index (χ2n) is 11.6. The number of carbonyl (C=O) groups excluding carboxylic acids is 4. The van der Waals surface area contributed by atoms with E-state index in [0.717, 1.165) is 12.1 Å². The summed E-state index contributed by atoms with van der Waals surface area (Å²) >= 11 is 0. The van der Waals surface area contributed by atoms with Gasteiger partial charge in [-0.3, -0.25) is 14.9 Å². The van der Waals surface area contributed by atoms with Crippen LogP contribution in [0.3, 0.4) is 0 Å². The number of alkyl halides is 3. The molecule has 43 heavy (non-hydrogen) atoms. The molecule has 0 spiro atoms. The van der Waals surface area contributed by atoms with Crippen molar-refractivity contribution < 1.29 is 46.6 Å². The standard InChI is InChI=1S/C28H34F3N3O5.C2H4O2/c1-26(2,3)38-24(36)32-22-11-10-19(18-8-7-9-20(16-18)28(29,30)31)17-21(22)23(35)33-12-14-34(15-13-33)25(37)39-27(4,5)6;1-4-2-3/h7-11,16-17H,12-15H2,1-6H3,(H,32,36);2H,1H3. The van der Waals surface area contributed by atoms with E-state index in [4.69, 9.17) is 14.3 Å². The minimum Gasteiger partial charge on any atom is -0.471 e. The molecule has 2 aromatic carbocycles. The summed E-state index contributed by atoms with van der Waals surface area (Å²) in [5, 5.41) is 2.58. The van der Waals surface area contributed by atoms with E-state index in [0.29, 0.717) is 12.0 Å². The highest BCUT2D eigenvalue weighted by molar-refractivity contribution is 6.04. The van der Waals surface area contributed by atoms with E-state index in [1.807, 2.05) is 0 Å². The van der Waals surface area contributed by atoms with E-state index in [2.05, 4.69) is 10.1 Å². The van der Waals surface area contributed by atoms with Gasteiger partial charge in [-0.25, -0.2) is 9.59 Å². The molecule has 0 radical (unpaired) electrons. The first-order chi connectivity index (χ1) is 19.8. The van der Waals surface area contributed by atoms with Gasteiger partial charge in [0.05, 0.1) is 23.9 Å². The van der Waals surface area contributed by atoms with Crippen LogP contribution >= 0.6 is 0 Å². The Labute approximate surface area is 249 Å². The van der Waals surface area contributed by atoms with Crippen molar-refractivity contribution in [2.24, 2.45) is 0 Å². The molecule has 2 aromatic rings. The monoisotopic (exact) mass is 609 g/mol. The largest absolute Gasteiger partial charge is 0.471 e. The molecule has 3 rings (SSSR count). The van der Waals surface area contributed by atoms with Gasteiger partial charge in [0.25, 0.3) is 12.4 Å². The highest BCUT2D eigenvalue weighted by atomic mass is 19.4. The van der Waals surface area contributed by atoms with E-state index in [1.165, 1.54) is 47.2 Å². The molecule has 1 heterocycles. The summed E-state index contributed by atoms with van der Waals surface area (Å²) in [5.74, 6) is -0.446. The Hall–Kier alpha value is -4.29. The van der Waals surface area contributed by atoms with Crippen molar-refractivity contribution in [3.05, 3.63) is 53.6 Å². The number of anilines is 1. The molecule has 10 nitrogen and oxygen atoms in total. The van der Waals surface area contributed by atoms with Gasteiger partial charge in [-0.1, -0.05) is 18.2 Å². The molecule has 0 aromatic heterocycles. The number of carbonyl (C=O) groups is 4. The van der Waals surface area contributed by atoms with Gasteiger partial charge in [-0.05, 0) is 76.9 Å². The molecular formula is C30H38F3N3O7. The number of amides is 3. The number of ether oxygens (including phenoxy) is 3. The van der Waals surface area contributed by atoms with Gasteiger partial charge in [-0.15, -0.1) is 0 Å². The zero-order valence-corrected chi connectivity index (χ0v) is 25.3. The molecule has 0 aliphatic carbocycles. The lowest BCUT2D eigenvalue weighted by Gasteiger charge is -2.36. The highest BCUT2D eigenvalue weighted by Gasteiger charge is 2.32. The number of nitrogens with zero attached hydrogens (tertiary/aromatic N) is 2. The first-order valence-corrected chi connectivity index (χ1v) is 13.4. The van der Waals surface area contributed by atoms with Crippen LogP contribution in [0, 0.1) is 0 Å². The van der Waals surface area contributed by atoms with Crippen LogP contribution in [0.1, 0.15) is 57.5 Å². The second-order valence-corrected chi connectivity index (χ2v) is 11.6. The number of benzene rings is 2. The summed E-state index contributed by atoms with van der Waals surface area (Å²) in [7, 11) is 1.31. The van der Waals surface area contributed by atoms with Crippen LogP contribution in [0.2, 0.25) is 0 Å². The predicted molar refractivity (Wildman–Crippen MR) is 154 cm³/mol. The fourth-order valence-electron chi connectivity index (χ4n) is 3.89. The summed E-state index contributed by atoms with van der Waals surface area (Å²) in [6.45, 7) is 11.6. The van der Waals surface area contributed by atoms with E-state index >= 15 is 0 Å². The molecule has 1 fully saturated rings. The van der Waals surface area contributed by atoms with Crippen LogP contribution in [0.25, 0.3) is 11.1 Å². The first-order valence-electron chi connectivity index (χ1n) is 13.4. The van der Waals surface area contributed by atoms with Crippen LogP contribution in [0.5, 0.6) is 0 Å². The van der Waals surface area contributed by atoms with Gasteiger partial charge in [0.15, 0.2) is 0 Å². The molecule has 13 heteroatoms. The fourth-order valence-corrected chi connectivity index (χ4v) is 3.89. The van der Waals surface area contributed by atoms with Gasteiger partial charge >= 0.3 is 18.4 Å². The minimum atomic E-state index is -4.53. The van der Waals surface area contributed by atoms with Crippen molar-refractivity contribution >= 4 is 30.3 Å². The highest BCUT2D eigenvalue weighted by Crippen LogP contribution is 2.33. The Morgan fingerprint density at radius 3 is 1.86 bits per heavy atom. The van der Waals surface area contributed by atoms with Gasteiger partial charge < -0.3 is 24.0 Å². The zero-order chi connectivity index (χ0) is 32.6. The molecule has 3 amide bonds. The number of nitrogens with one attached hydrogen (secondary N) is 1. The smallest absolute Gasteiger partial charge is 0.416 e. The van der Waals surface area contributed by atoms with E-state index < -0.39 is 41.0 Å². The fraction of sp³-hybridized carbons (Fsp3) is 0.467. The SMILES string of the molecule is CC(C)(C)OC(=O)Nc1ccc(-c2cccc(C(F)(F)F)c2)cc1C(=O)N1CCN(C(=O)OC(C)(C)C)CC1.COC=O. The molecule has 1 aliphatic heterocycles. The summed E-state index contributed by atoms with van der Waals surface area (Å²) in [6.07, 6.45) is -5.78. The number of hydrogen-bond donors (Lipinski definition) is 1. The maximum atomic E-state index is 13.6. The normalized spacial score (nSPS) is 13.7. The van der Waals surface area contributed by atoms with E-state index in [-0.39, 0.29) is 43.0 Å². The Balaban J connectivity index is 0.00000151. The van der Waals surface area contributed by atoms with Crippen molar-refractivity contribution in [1.29, 1.82) is 0 Å². The summed E-state index contributed by atoms with van der Waals surface area (Å²) < 4.78 is 54.5. The molecule has 236 valence electrons. The number of methoxy groups -OCH3 is 1. The molecule has 0 saturated carbocycles. The number of halogens is 3. The molecule has 0 unspecified atom stereocenters. The summed E-state index contributed by atoms with van der Waals surface area (Å²) in [4.78, 5) is 50.5. The number of piperazine rings is 1. The molecular weight excluding hydrogens is 571 g/mol. The molecule has 0 bridgehead atoms. The Morgan fingerprint density at radius 2 is 1.35 bits per heavy atom. The predicted octanol–water partition coefficient (Wildman–Crippen LogP) is 6.20. The zero-order valence-electron chi connectivity index (χ0n) is 25.3. The van der Waals surface area contributed by atoms with Crippen molar-refractivity contribution in [2.45, 2.75) is 58.9 Å². The summed E-state index contributed by atoms with van der Waals surface area (Å²) in [6, 6.07) is 9.22. The molecule has 1 saturated heterocycles. The van der Waals surface area contributed by atoms with Gasteiger partial charge in [-0.2, -0.15) is 13.2 Å². The van der Waals surface area contributed by atoms with Crippen LogP contribution in [0.15, 0.2) is 42.5 Å². The quantitative estimate of drug-likeness (QED) is 0.324. The first kappa shape index (κ1) is 34.9. The maximum Gasteiger partial charge on any atom is 0.416 e. The third-order valence-electron chi connectivity index (χ3n) is 5.72. The molecule has 0 atom stereocenters. The number of hydrogen-bond acceptors (Lipinski definition) is 7. The van der Waals surface area contributed by atoms with Crippen molar-refractivity contribution in [2.75, 3.05) is 38.6 Å². The topological polar surface area (TPSA) is 114 Å². The molecule has 1 aliphatic rings. The van der Waals surface area contributed by atoms with Crippen LogP contribution < -0.4 is 5.32 Å². The Kier molecular flexibility index (Phi) is 11.6. The van der Waals surface area contributed by atoms with E-state index in [1.54, 1.807) is 41.5 Å². The third-order valence-corrected chi connectivity index (χ3v) is 5.72. The van der Waals surface area contributed by atoms with E-state index in [9.17, 15) is 27.6 Å². The van der Waals surface area contributed by atoms with Gasteiger partial charge in [0.1, 0.15) is 11.2 Å². The lowest BCUT2D eigenvalue weighted by molar-refractivity contribution is -0.137. The maximum absolute atomic E-state index is 13.6. The minimum absolute atomic E-state index is 0.0847. The van der Waals surface area contributed by atoms with Crippen LogP contribution in [0.4, 0.5) is 28.4 Å². The second kappa shape index (κ2) is 14.3. The number of rotatable bonds is 4. The van der Waals surface area contributed by atoms with Gasteiger partial charge in [0.2, 0.25) is 0 Å². The van der Waals surface area contributed by atoms with Crippen LogP contribution in [-0.2, 0) is 25.2 Å². The van der Waals surface area contributed by atoms with Crippen molar-refractivity contribution in [3.63, 3.8) is 0 Å². The van der Waals surface area contributed by atoms with Crippen molar-refractivity contribution in [1.82, 2.24) is 9.80 Å².